The zero-order chi connectivity index (χ0) is 19.6. The molecule has 1 aromatic heterocycles. The Balaban J connectivity index is 1.75. The van der Waals surface area contributed by atoms with Crippen molar-refractivity contribution in [2.24, 2.45) is 5.41 Å². The van der Waals surface area contributed by atoms with Gasteiger partial charge >= 0.3 is 0 Å². The zero-order valence-corrected chi connectivity index (χ0v) is 16.4. The number of thioether (sulfide) groups is 1. The SMILES string of the molecule is Cc1ccc(NC(=O)CSc2nc3c(cc2C#N)C(=O)CC(C)(C)C3)cc1. The highest BCUT2D eigenvalue weighted by atomic mass is 32.2. The van der Waals surface area contributed by atoms with Crippen LogP contribution < -0.4 is 5.32 Å². The third kappa shape index (κ3) is 4.55. The van der Waals surface area contributed by atoms with Gasteiger partial charge in [0.15, 0.2) is 5.78 Å². The summed E-state index contributed by atoms with van der Waals surface area (Å²) < 4.78 is 0. The van der Waals surface area contributed by atoms with Crippen LogP contribution in [0.1, 0.15) is 47.4 Å². The van der Waals surface area contributed by atoms with E-state index in [0.29, 0.717) is 29.0 Å². The fourth-order valence-electron chi connectivity index (χ4n) is 3.11. The lowest BCUT2D eigenvalue weighted by atomic mass is 9.75. The molecule has 5 nitrogen and oxygen atoms in total. The fraction of sp³-hybridized carbons (Fsp3) is 0.333. The van der Waals surface area contributed by atoms with Gasteiger partial charge in [-0.1, -0.05) is 43.3 Å². The second-order valence-electron chi connectivity index (χ2n) is 7.59. The van der Waals surface area contributed by atoms with Gasteiger partial charge in [0.05, 0.1) is 17.0 Å². The van der Waals surface area contributed by atoms with E-state index in [0.717, 1.165) is 16.9 Å². The lowest BCUT2D eigenvalue weighted by molar-refractivity contribution is -0.113. The Morgan fingerprint density at radius 1 is 1.30 bits per heavy atom. The molecule has 1 aromatic carbocycles. The molecule has 0 spiro atoms. The number of benzene rings is 1. The average Bonchev–Trinajstić information content (AvgIpc) is 2.60. The van der Waals surface area contributed by atoms with Gasteiger partial charge in [-0.25, -0.2) is 4.98 Å². The number of nitrogens with one attached hydrogen (secondary N) is 1. The van der Waals surface area contributed by atoms with Crippen molar-refractivity contribution in [3.8, 4) is 6.07 Å². The Kier molecular flexibility index (Phi) is 5.33. The molecular formula is C21H21N3O2S. The minimum atomic E-state index is -0.163. The number of hydrogen-bond donors (Lipinski definition) is 1. The topological polar surface area (TPSA) is 82.8 Å². The highest BCUT2D eigenvalue weighted by molar-refractivity contribution is 8.00. The predicted molar refractivity (Wildman–Crippen MR) is 106 cm³/mol. The van der Waals surface area contributed by atoms with Gasteiger partial charge in [0.2, 0.25) is 5.91 Å². The molecule has 1 aliphatic carbocycles. The molecule has 1 N–H and O–H groups in total. The Morgan fingerprint density at radius 3 is 2.67 bits per heavy atom. The van der Waals surface area contributed by atoms with Gasteiger partial charge in [-0.05, 0) is 37.0 Å². The Labute approximate surface area is 163 Å². The maximum atomic E-state index is 12.4. The fourth-order valence-corrected chi connectivity index (χ4v) is 3.89. The summed E-state index contributed by atoms with van der Waals surface area (Å²) in [7, 11) is 0. The molecule has 1 amide bonds. The maximum Gasteiger partial charge on any atom is 0.234 e. The van der Waals surface area contributed by atoms with Crippen molar-refractivity contribution < 1.29 is 9.59 Å². The highest BCUT2D eigenvalue weighted by Crippen LogP contribution is 2.35. The van der Waals surface area contributed by atoms with Crippen molar-refractivity contribution in [3.63, 3.8) is 0 Å². The summed E-state index contributed by atoms with van der Waals surface area (Å²) in [6.45, 7) is 6.06. The molecule has 0 radical (unpaired) electrons. The van der Waals surface area contributed by atoms with Crippen molar-refractivity contribution in [2.45, 2.75) is 38.6 Å². The molecule has 1 heterocycles. The van der Waals surface area contributed by atoms with Gasteiger partial charge in [-0.15, -0.1) is 0 Å². The molecule has 0 fully saturated rings. The van der Waals surface area contributed by atoms with Crippen LogP contribution in [0.5, 0.6) is 0 Å². The van der Waals surface area contributed by atoms with E-state index in [9.17, 15) is 14.9 Å². The number of rotatable bonds is 4. The molecule has 3 rings (SSSR count). The summed E-state index contributed by atoms with van der Waals surface area (Å²) in [6.07, 6.45) is 1.14. The molecule has 0 atom stereocenters. The van der Waals surface area contributed by atoms with Crippen molar-refractivity contribution in [2.75, 3.05) is 11.1 Å². The van der Waals surface area contributed by atoms with E-state index in [1.54, 1.807) is 6.07 Å². The minimum Gasteiger partial charge on any atom is -0.325 e. The van der Waals surface area contributed by atoms with Crippen LogP contribution in [-0.4, -0.2) is 22.4 Å². The van der Waals surface area contributed by atoms with Crippen molar-refractivity contribution in [3.05, 3.63) is 52.7 Å². The number of fused-ring (bicyclic) bond motifs is 1. The van der Waals surface area contributed by atoms with Crippen LogP contribution in [0, 0.1) is 23.7 Å². The lowest BCUT2D eigenvalue weighted by Gasteiger charge is -2.29. The lowest BCUT2D eigenvalue weighted by Crippen LogP contribution is -2.28. The van der Waals surface area contributed by atoms with Gasteiger partial charge < -0.3 is 5.32 Å². The number of aromatic nitrogens is 1. The summed E-state index contributed by atoms with van der Waals surface area (Å²) in [5, 5.41) is 12.8. The third-order valence-corrected chi connectivity index (χ3v) is 5.44. The van der Waals surface area contributed by atoms with E-state index >= 15 is 0 Å². The van der Waals surface area contributed by atoms with Crippen LogP contribution in [0.2, 0.25) is 0 Å². The van der Waals surface area contributed by atoms with E-state index in [2.05, 4.69) is 16.4 Å². The van der Waals surface area contributed by atoms with E-state index in [1.165, 1.54) is 11.8 Å². The molecule has 2 aromatic rings. The van der Waals surface area contributed by atoms with E-state index < -0.39 is 0 Å². The molecular weight excluding hydrogens is 358 g/mol. The van der Waals surface area contributed by atoms with Crippen molar-refractivity contribution >= 4 is 29.1 Å². The van der Waals surface area contributed by atoms with Crippen LogP contribution in [0.3, 0.4) is 0 Å². The van der Waals surface area contributed by atoms with E-state index in [-0.39, 0.29) is 22.9 Å². The molecule has 6 heteroatoms. The number of carbonyl (C=O) groups excluding carboxylic acids is 2. The summed E-state index contributed by atoms with van der Waals surface area (Å²) in [5.41, 5.74) is 3.32. The number of nitriles is 1. The zero-order valence-electron chi connectivity index (χ0n) is 15.6. The van der Waals surface area contributed by atoms with Crippen LogP contribution >= 0.6 is 11.8 Å². The number of amides is 1. The monoisotopic (exact) mass is 379 g/mol. The standard InChI is InChI=1S/C21H21N3O2S/c1-13-4-6-15(7-5-13)23-19(26)12-27-20-14(11-22)8-16-17(24-20)9-21(2,3)10-18(16)25/h4-8H,9-10,12H2,1-3H3,(H,23,26). The summed E-state index contributed by atoms with van der Waals surface area (Å²) in [5.74, 6) is 0.00803. The number of nitrogens with zero attached hydrogens (tertiary/aromatic N) is 2. The first-order valence-electron chi connectivity index (χ1n) is 8.74. The number of Topliss-reactive ketones (excluding diaryl/α,β-unsaturated/α-hetero) is 1. The first-order chi connectivity index (χ1) is 12.8. The first-order valence-corrected chi connectivity index (χ1v) is 9.72. The van der Waals surface area contributed by atoms with Gasteiger partial charge in [0.25, 0.3) is 0 Å². The number of anilines is 1. The second kappa shape index (κ2) is 7.53. The molecule has 138 valence electrons. The van der Waals surface area contributed by atoms with Gasteiger partial charge in [0.1, 0.15) is 11.1 Å². The smallest absolute Gasteiger partial charge is 0.234 e. The average molecular weight is 379 g/mol. The van der Waals surface area contributed by atoms with Crippen molar-refractivity contribution in [1.82, 2.24) is 4.98 Å². The predicted octanol–water partition coefficient (Wildman–Crippen LogP) is 4.15. The molecule has 0 bridgehead atoms. The maximum absolute atomic E-state index is 12.4. The quantitative estimate of drug-likeness (QED) is 0.807. The third-order valence-electron chi connectivity index (χ3n) is 4.45. The van der Waals surface area contributed by atoms with Crippen LogP contribution in [-0.2, 0) is 11.2 Å². The Morgan fingerprint density at radius 2 is 2.00 bits per heavy atom. The molecule has 0 aliphatic heterocycles. The normalized spacial score (nSPS) is 15.0. The minimum absolute atomic E-state index is 0.0268. The largest absolute Gasteiger partial charge is 0.325 e. The first kappa shape index (κ1) is 19.1. The van der Waals surface area contributed by atoms with Crippen LogP contribution in [0.4, 0.5) is 5.69 Å². The van der Waals surface area contributed by atoms with Gasteiger partial charge in [-0.3, -0.25) is 9.59 Å². The highest BCUT2D eigenvalue weighted by Gasteiger charge is 2.32. The number of carbonyl (C=O) groups is 2. The van der Waals surface area contributed by atoms with Crippen molar-refractivity contribution in [1.29, 1.82) is 5.26 Å². The summed E-state index contributed by atoms with van der Waals surface area (Å²) in [4.78, 5) is 29.1. The second-order valence-corrected chi connectivity index (χ2v) is 8.56. The molecule has 0 unspecified atom stereocenters. The summed E-state index contributed by atoms with van der Waals surface area (Å²) >= 11 is 1.22. The number of aryl methyl sites for hydroxylation is 1. The summed E-state index contributed by atoms with van der Waals surface area (Å²) in [6, 6.07) is 11.3. The van der Waals surface area contributed by atoms with Gasteiger partial charge in [0, 0.05) is 17.7 Å². The Bertz CT molecular complexity index is 943. The Hall–Kier alpha value is -2.65. The number of ketones is 1. The number of hydrogen-bond acceptors (Lipinski definition) is 5. The van der Waals surface area contributed by atoms with E-state index in [1.807, 2.05) is 45.0 Å². The molecule has 27 heavy (non-hydrogen) atoms. The van der Waals surface area contributed by atoms with E-state index in [4.69, 9.17) is 0 Å². The number of pyridine rings is 1. The van der Waals surface area contributed by atoms with Crippen LogP contribution in [0.15, 0.2) is 35.4 Å². The van der Waals surface area contributed by atoms with Gasteiger partial charge in [-0.2, -0.15) is 5.26 Å². The molecule has 1 aliphatic rings. The van der Waals surface area contributed by atoms with Crippen LogP contribution in [0.25, 0.3) is 0 Å². The molecule has 0 saturated carbocycles. The molecule has 0 saturated heterocycles.